The molecular weight excluding hydrogens is 338 g/mol. The molecule has 0 atom stereocenters. The van der Waals surface area contributed by atoms with E-state index < -0.39 is 0 Å². The number of rotatable bonds is 4. The van der Waals surface area contributed by atoms with Crippen molar-refractivity contribution in [3.63, 3.8) is 0 Å². The summed E-state index contributed by atoms with van der Waals surface area (Å²) in [4.78, 5) is 12.9. The minimum atomic E-state index is -0.182. The SMILES string of the molecule is COc1ccc(C)cc1NC(=O)/C=C/c1ccc(Br)s1. The average Bonchev–Trinajstić information content (AvgIpc) is 2.83. The lowest BCUT2D eigenvalue weighted by atomic mass is 10.2. The van der Waals surface area contributed by atoms with Gasteiger partial charge in [-0.15, -0.1) is 11.3 Å². The first-order valence-corrected chi connectivity index (χ1v) is 7.58. The van der Waals surface area contributed by atoms with E-state index in [1.165, 1.54) is 6.08 Å². The second-order valence-corrected chi connectivity index (χ2v) is 6.66. The number of hydrogen-bond donors (Lipinski definition) is 1. The first-order chi connectivity index (χ1) is 9.58. The van der Waals surface area contributed by atoms with Crippen molar-refractivity contribution in [2.24, 2.45) is 0 Å². The van der Waals surface area contributed by atoms with Crippen LogP contribution in [0.3, 0.4) is 0 Å². The van der Waals surface area contributed by atoms with E-state index in [1.807, 2.05) is 37.3 Å². The summed E-state index contributed by atoms with van der Waals surface area (Å²) in [5, 5.41) is 2.82. The molecule has 0 saturated carbocycles. The van der Waals surface area contributed by atoms with Crippen LogP contribution in [0.1, 0.15) is 10.4 Å². The van der Waals surface area contributed by atoms with Crippen molar-refractivity contribution in [3.8, 4) is 5.75 Å². The Labute approximate surface area is 130 Å². The van der Waals surface area contributed by atoms with Gasteiger partial charge >= 0.3 is 0 Å². The summed E-state index contributed by atoms with van der Waals surface area (Å²) < 4.78 is 6.26. The molecule has 1 aromatic heterocycles. The third kappa shape index (κ3) is 3.95. The van der Waals surface area contributed by atoms with E-state index in [-0.39, 0.29) is 5.91 Å². The molecule has 20 heavy (non-hydrogen) atoms. The third-order valence-electron chi connectivity index (χ3n) is 2.61. The van der Waals surface area contributed by atoms with E-state index in [4.69, 9.17) is 4.74 Å². The highest BCUT2D eigenvalue weighted by Gasteiger charge is 2.05. The number of ether oxygens (including phenoxy) is 1. The highest BCUT2D eigenvalue weighted by molar-refractivity contribution is 9.11. The molecule has 0 bridgehead atoms. The lowest BCUT2D eigenvalue weighted by Crippen LogP contribution is -2.09. The van der Waals surface area contributed by atoms with Crippen LogP contribution in [0.25, 0.3) is 6.08 Å². The van der Waals surface area contributed by atoms with E-state index in [0.717, 1.165) is 14.2 Å². The molecule has 1 heterocycles. The second kappa shape index (κ2) is 6.72. The van der Waals surface area contributed by atoms with Crippen molar-refractivity contribution in [3.05, 3.63) is 50.6 Å². The molecule has 1 aromatic carbocycles. The zero-order valence-electron chi connectivity index (χ0n) is 11.1. The van der Waals surface area contributed by atoms with Gasteiger partial charge in [0.1, 0.15) is 5.75 Å². The molecule has 5 heteroatoms. The summed E-state index contributed by atoms with van der Waals surface area (Å²) in [6.07, 6.45) is 3.30. The predicted octanol–water partition coefficient (Wildman–Crippen LogP) is 4.48. The summed E-state index contributed by atoms with van der Waals surface area (Å²) in [6.45, 7) is 1.97. The lowest BCUT2D eigenvalue weighted by molar-refractivity contribution is -0.111. The molecule has 2 aromatic rings. The third-order valence-corrected chi connectivity index (χ3v) is 4.19. The van der Waals surface area contributed by atoms with Gasteiger partial charge in [-0.25, -0.2) is 0 Å². The molecular formula is C15H14BrNO2S. The van der Waals surface area contributed by atoms with Crippen molar-refractivity contribution < 1.29 is 9.53 Å². The van der Waals surface area contributed by atoms with Crippen LogP contribution in [0.15, 0.2) is 40.2 Å². The number of aryl methyl sites for hydroxylation is 1. The van der Waals surface area contributed by atoms with E-state index in [1.54, 1.807) is 24.5 Å². The number of nitrogens with one attached hydrogen (secondary N) is 1. The molecule has 0 unspecified atom stereocenters. The minimum absolute atomic E-state index is 0.182. The van der Waals surface area contributed by atoms with E-state index in [2.05, 4.69) is 21.2 Å². The molecule has 1 N–H and O–H groups in total. The van der Waals surface area contributed by atoms with Crippen molar-refractivity contribution in [2.45, 2.75) is 6.92 Å². The first kappa shape index (κ1) is 14.8. The maximum atomic E-state index is 11.9. The van der Waals surface area contributed by atoms with Crippen LogP contribution in [-0.4, -0.2) is 13.0 Å². The Morgan fingerprint density at radius 3 is 2.80 bits per heavy atom. The van der Waals surface area contributed by atoms with Gasteiger partial charge < -0.3 is 10.1 Å². The number of thiophene rings is 1. The molecule has 0 aliphatic heterocycles. The fourth-order valence-electron chi connectivity index (χ4n) is 1.67. The highest BCUT2D eigenvalue weighted by Crippen LogP contribution is 2.26. The monoisotopic (exact) mass is 351 g/mol. The van der Waals surface area contributed by atoms with Crippen LogP contribution in [0.2, 0.25) is 0 Å². The summed E-state index contributed by atoms with van der Waals surface area (Å²) in [5.41, 5.74) is 1.74. The van der Waals surface area contributed by atoms with Crippen LogP contribution in [0, 0.1) is 6.92 Å². The molecule has 3 nitrogen and oxygen atoms in total. The summed E-state index contributed by atoms with van der Waals surface area (Å²) in [7, 11) is 1.58. The van der Waals surface area contributed by atoms with Gasteiger partial charge in [0.25, 0.3) is 0 Å². The Hall–Kier alpha value is -1.59. The Morgan fingerprint density at radius 2 is 2.15 bits per heavy atom. The van der Waals surface area contributed by atoms with Gasteiger partial charge in [-0.1, -0.05) is 6.07 Å². The van der Waals surface area contributed by atoms with E-state index >= 15 is 0 Å². The van der Waals surface area contributed by atoms with Gasteiger partial charge in [-0.2, -0.15) is 0 Å². The Kier molecular flexibility index (Phi) is 4.98. The fourth-order valence-corrected chi connectivity index (χ4v) is 3.00. The number of hydrogen-bond acceptors (Lipinski definition) is 3. The van der Waals surface area contributed by atoms with Crippen molar-refractivity contribution in [1.82, 2.24) is 0 Å². The molecule has 104 valence electrons. The summed E-state index contributed by atoms with van der Waals surface area (Å²) in [6, 6.07) is 9.56. The molecule has 0 fully saturated rings. The maximum Gasteiger partial charge on any atom is 0.248 e. The number of benzene rings is 1. The summed E-state index contributed by atoms with van der Waals surface area (Å²) in [5.74, 6) is 0.467. The van der Waals surface area contributed by atoms with Gasteiger partial charge in [0, 0.05) is 11.0 Å². The topological polar surface area (TPSA) is 38.3 Å². The Morgan fingerprint density at radius 1 is 1.35 bits per heavy atom. The molecule has 1 amide bonds. The molecule has 0 aliphatic rings. The number of anilines is 1. The number of carbonyl (C=O) groups is 1. The van der Waals surface area contributed by atoms with Gasteiger partial charge in [-0.05, 0) is 58.8 Å². The van der Waals surface area contributed by atoms with Crippen LogP contribution >= 0.6 is 27.3 Å². The Bertz CT molecular complexity index is 649. The van der Waals surface area contributed by atoms with Crippen LogP contribution in [0.4, 0.5) is 5.69 Å². The smallest absolute Gasteiger partial charge is 0.248 e. The van der Waals surface area contributed by atoms with Crippen molar-refractivity contribution in [2.75, 3.05) is 12.4 Å². The number of carbonyl (C=O) groups excluding carboxylic acids is 1. The van der Waals surface area contributed by atoms with Crippen molar-refractivity contribution in [1.29, 1.82) is 0 Å². The average molecular weight is 352 g/mol. The van der Waals surface area contributed by atoms with Gasteiger partial charge in [0.15, 0.2) is 0 Å². The Balaban J connectivity index is 2.08. The quantitative estimate of drug-likeness (QED) is 0.824. The van der Waals surface area contributed by atoms with Gasteiger partial charge in [0.05, 0.1) is 16.6 Å². The van der Waals surface area contributed by atoms with Gasteiger partial charge in [0.2, 0.25) is 5.91 Å². The minimum Gasteiger partial charge on any atom is -0.495 e. The predicted molar refractivity (Wildman–Crippen MR) is 87.4 cm³/mol. The normalized spacial score (nSPS) is 10.8. The standard InChI is InChI=1S/C15H14BrNO2S/c1-10-3-6-13(19-2)12(9-10)17-15(18)8-5-11-4-7-14(16)20-11/h3-9H,1-2H3,(H,17,18)/b8-5+. The van der Waals surface area contributed by atoms with Crippen LogP contribution < -0.4 is 10.1 Å². The number of halogens is 1. The highest BCUT2D eigenvalue weighted by atomic mass is 79.9. The maximum absolute atomic E-state index is 11.9. The van der Waals surface area contributed by atoms with Crippen LogP contribution in [0.5, 0.6) is 5.75 Å². The van der Waals surface area contributed by atoms with Gasteiger partial charge in [-0.3, -0.25) is 4.79 Å². The molecule has 0 radical (unpaired) electrons. The molecule has 2 rings (SSSR count). The molecule has 0 aliphatic carbocycles. The van der Waals surface area contributed by atoms with E-state index in [9.17, 15) is 4.79 Å². The second-order valence-electron chi connectivity index (χ2n) is 4.17. The lowest BCUT2D eigenvalue weighted by Gasteiger charge is -2.09. The summed E-state index contributed by atoms with van der Waals surface area (Å²) >= 11 is 4.96. The number of amides is 1. The molecule has 0 saturated heterocycles. The molecule has 0 spiro atoms. The van der Waals surface area contributed by atoms with E-state index in [0.29, 0.717) is 11.4 Å². The van der Waals surface area contributed by atoms with Crippen LogP contribution in [-0.2, 0) is 4.79 Å². The first-order valence-electron chi connectivity index (χ1n) is 5.97. The number of methoxy groups -OCH3 is 1. The zero-order chi connectivity index (χ0) is 14.5. The largest absolute Gasteiger partial charge is 0.495 e. The zero-order valence-corrected chi connectivity index (χ0v) is 13.5. The van der Waals surface area contributed by atoms with Crippen molar-refractivity contribution >= 4 is 44.9 Å². The fraction of sp³-hybridized carbons (Fsp3) is 0.133.